The Morgan fingerprint density at radius 3 is 2.80 bits per heavy atom. The molecule has 1 heterocycles. The summed E-state index contributed by atoms with van der Waals surface area (Å²) in [4.78, 5) is 11.8. The average Bonchev–Trinajstić information content (AvgIpc) is 2.93. The highest BCUT2D eigenvalue weighted by atomic mass is 35.5. The molecule has 1 saturated heterocycles. The van der Waals surface area contributed by atoms with E-state index in [0.717, 1.165) is 19.5 Å². The first-order valence-electron chi connectivity index (χ1n) is 6.56. The van der Waals surface area contributed by atoms with Crippen LogP contribution in [0.25, 0.3) is 0 Å². The zero-order valence-corrected chi connectivity index (χ0v) is 12.2. The standard InChI is InChI=1S/C14H19FN2O2.ClH/c1-10(19-13-4-2-12(15)3-5-13)8-17-14(18)11-6-7-16-9-11;/h2-5,10-11,16H,6-9H2,1H3,(H,17,18);1H. The number of halogens is 2. The summed E-state index contributed by atoms with van der Waals surface area (Å²) in [6.45, 7) is 3.97. The molecule has 0 bridgehead atoms. The van der Waals surface area contributed by atoms with Gasteiger partial charge >= 0.3 is 0 Å². The fourth-order valence-electron chi connectivity index (χ4n) is 2.05. The van der Waals surface area contributed by atoms with Crippen LogP contribution in [0.5, 0.6) is 5.75 Å². The monoisotopic (exact) mass is 302 g/mol. The van der Waals surface area contributed by atoms with Crippen molar-refractivity contribution in [3.8, 4) is 5.75 Å². The highest BCUT2D eigenvalue weighted by Crippen LogP contribution is 2.13. The second kappa shape index (κ2) is 8.07. The highest BCUT2D eigenvalue weighted by Gasteiger charge is 2.22. The number of ether oxygens (including phenoxy) is 1. The maximum Gasteiger partial charge on any atom is 0.224 e. The smallest absolute Gasteiger partial charge is 0.224 e. The molecule has 1 aromatic carbocycles. The van der Waals surface area contributed by atoms with Crippen LogP contribution >= 0.6 is 12.4 Å². The average molecular weight is 303 g/mol. The Morgan fingerprint density at radius 1 is 1.50 bits per heavy atom. The molecule has 1 amide bonds. The third-order valence-electron chi connectivity index (χ3n) is 3.15. The van der Waals surface area contributed by atoms with Crippen molar-refractivity contribution < 1.29 is 13.9 Å². The van der Waals surface area contributed by atoms with Gasteiger partial charge in [-0.2, -0.15) is 0 Å². The number of carbonyl (C=O) groups excluding carboxylic acids is 1. The highest BCUT2D eigenvalue weighted by molar-refractivity contribution is 5.85. The lowest BCUT2D eigenvalue weighted by atomic mass is 10.1. The van der Waals surface area contributed by atoms with Gasteiger partial charge in [-0.25, -0.2) is 4.39 Å². The van der Waals surface area contributed by atoms with Crippen LogP contribution in [0.3, 0.4) is 0 Å². The van der Waals surface area contributed by atoms with Crippen molar-refractivity contribution in [3.05, 3.63) is 30.1 Å². The van der Waals surface area contributed by atoms with Crippen molar-refractivity contribution in [2.75, 3.05) is 19.6 Å². The number of amides is 1. The topological polar surface area (TPSA) is 50.4 Å². The molecule has 6 heteroatoms. The van der Waals surface area contributed by atoms with E-state index in [-0.39, 0.29) is 36.2 Å². The summed E-state index contributed by atoms with van der Waals surface area (Å²) in [7, 11) is 0. The molecule has 2 unspecified atom stereocenters. The van der Waals surface area contributed by atoms with Crippen molar-refractivity contribution in [2.45, 2.75) is 19.4 Å². The summed E-state index contributed by atoms with van der Waals surface area (Å²) in [5, 5.41) is 6.04. The Bertz CT molecular complexity index is 422. The van der Waals surface area contributed by atoms with E-state index in [9.17, 15) is 9.18 Å². The largest absolute Gasteiger partial charge is 0.489 e. The number of hydrogen-bond donors (Lipinski definition) is 2. The zero-order valence-electron chi connectivity index (χ0n) is 11.4. The Balaban J connectivity index is 0.00000200. The van der Waals surface area contributed by atoms with Crippen LogP contribution < -0.4 is 15.4 Å². The van der Waals surface area contributed by atoms with E-state index in [4.69, 9.17) is 4.74 Å². The van der Waals surface area contributed by atoms with Gasteiger partial charge in [-0.05, 0) is 44.2 Å². The van der Waals surface area contributed by atoms with Crippen molar-refractivity contribution >= 4 is 18.3 Å². The predicted molar refractivity (Wildman–Crippen MR) is 77.7 cm³/mol. The van der Waals surface area contributed by atoms with E-state index < -0.39 is 0 Å². The normalized spacial score (nSPS) is 19.0. The molecule has 0 spiro atoms. The number of benzene rings is 1. The van der Waals surface area contributed by atoms with E-state index in [1.54, 1.807) is 12.1 Å². The van der Waals surface area contributed by atoms with Crippen LogP contribution in [0, 0.1) is 11.7 Å². The first kappa shape index (κ1) is 16.7. The first-order chi connectivity index (χ1) is 9.15. The van der Waals surface area contributed by atoms with E-state index in [2.05, 4.69) is 10.6 Å². The fourth-order valence-corrected chi connectivity index (χ4v) is 2.05. The van der Waals surface area contributed by atoms with Gasteiger partial charge in [0.05, 0.1) is 12.5 Å². The molecule has 112 valence electrons. The lowest BCUT2D eigenvalue weighted by molar-refractivity contribution is -0.124. The predicted octanol–water partition coefficient (Wildman–Crippen LogP) is 1.74. The van der Waals surface area contributed by atoms with Gasteiger partial charge in [0.25, 0.3) is 0 Å². The summed E-state index contributed by atoms with van der Waals surface area (Å²) in [5.41, 5.74) is 0. The number of hydrogen-bond acceptors (Lipinski definition) is 3. The van der Waals surface area contributed by atoms with Crippen molar-refractivity contribution in [2.24, 2.45) is 5.92 Å². The summed E-state index contributed by atoms with van der Waals surface area (Å²) < 4.78 is 18.3. The molecule has 0 radical (unpaired) electrons. The molecule has 1 fully saturated rings. The summed E-state index contributed by atoms with van der Waals surface area (Å²) in [6, 6.07) is 5.86. The molecule has 1 aliphatic rings. The third-order valence-corrected chi connectivity index (χ3v) is 3.15. The Kier molecular flexibility index (Phi) is 6.75. The minimum absolute atomic E-state index is 0. The van der Waals surface area contributed by atoms with Gasteiger partial charge in [-0.15, -0.1) is 12.4 Å². The van der Waals surface area contributed by atoms with Gasteiger partial charge in [-0.3, -0.25) is 4.79 Å². The van der Waals surface area contributed by atoms with E-state index >= 15 is 0 Å². The maximum atomic E-state index is 12.7. The number of rotatable bonds is 5. The van der Waals surface area contributed by atoms with E-state index in [1.807, 2.05) is 6.92 Å². The van der Waals surface area contributed by atoms with Gasteiger partial charge in [0.1, 0.15) is 17.7 Å². The molecule has 0 saturated carbocycles. The molecule has 2 atom stereocenters. The quantitative estimate of drug-likeness (QED) is 0.871. The Morgan fingerprint density at radius 2 is 2.20 bits per heavy atom. The van der Waals surface area contributed by atoms with Crippen LogP contribution in [0.2, 0.25) is 0 Å². The molecule has 4 nitrogen and oxygen atoms in total. The molecule has 1 aromatic rings. The lowest BCUT2D eigenvalue weighted by Gasteiger charge is -2.17. The van der Waals surface area contributed by atoms with Gasteiger partial charge in [-0.1, -0.05) is 0 Å². The van der Waals surface area contributed by atoms with E-state index in [1.165, 1.54) is 12.1 Å². The zero-order chi connectivity index (χ0) is 13.7. The van der Waals surface area contributed by atoms with Crippen molar-refractivity contribution in [3.63, 3.8) is 0 Å². The Labute approximate surface area is 124 Å². The molecule has 1 aliphatic heterocycles. The molecule has 0 aliphatic carbocycles. The van der Waals surface area contributed by atoms with Crippen molar-refractivity contribution in [1.82, 2.24) is 10.6 Å². The van der Waals surface area contributed by atoms with Crippen LogP contribution in [0.1, 0.15) is 13.3 Å². The minimum Gasteiger partial charge on any atom is -0.489 e. The molecule has 0 aromatic heterocycles. The van der Waals surface area contributed by atoms with Gasteiger partial charge in [0, 0.05) is 6.54 Å². The Hall–Kier alpha value is -1.33. The molecule has 2 rings (SSSR count). The molecule has 2 N–H and O–H groups in total. The summed E-state index contributed by atoms with van der Waals surface area (Å²) >= 11 is 0. The summed E-state index contributed by atoms with van der Waals surface area (Å²) in [5.74, 6) is 0.449. The van der Waals surface area contributed by atoms with Gasteiger partial charge in [0.2, 0.25) is 5.91 Å². The number of nitrogens with one attached hydrogen (secondary N) is 2. The summed E-state index contributed by atoms with van der Waals surface area (Å²) in [6.07, 6.45) is 0.739. The van der Waals surface area contributed by atoms with E-state index in [0.29, 0.717) is 12.3 Å². The molecular weight excluding hydrogens is 283 g/mol. The molecular formula is C14H20ClFN2O2. The van der Waals surface area contributed by atoms with Gasteiger partial charge in [0.15, 0.2) is 0 Å². The molecule has 20 heavy (non-hydrogen) atoms. The van der Waals surface area contributed by atoms with Crippen LogP contribution in [-0.2, 0) is 4.79 Å². The lowest BCUT2D eigenvalue weighted by Crippen LogP contribution is -2.38. The first-order valence-corrected chi connectivity index (χ1v) is 6.56. The fraction of sp³-hybridized carbons (Fsp3) is 0.500. The minimum atomic E-state index is -0.290. The SMILES string of the molecule is CC(CNC(=O)C1CCNC1)Oc1ccc(F)cc1.Cl. The van der Waals surface area contributed by atoms with Crippen molar-refractivity contribution in [1.29, 1.82) is 0 Å². The van der Waals surface area contributed by atoms with Crippen LogP contribution in [0.15, 0.2) is 24.3 Å². The van der Waals surface area contributed by atoms with Crippen LogP contribution in [0.4, 0.5) is 4.39 Å². The maximum absolute atomic E-state index is 12.7. The van der Waals surface area contributed by atoms with Crippen LogP contribution in [-0.4, -0.2) is 31.6 Å². The number of carbonyl (C=O) groups is 1. The second-order valence-corrected chi connectivity index (χ2v) is 4.82. The second-order valence-electron chi connectivity index (χ2n) is 4.82. The van der Waals surface area contributed by atoms with Gasteiger partial charge < -0.3 is 15.4 Å². The third kappa shape index (κ3) is 4.98.